The lowest BCUT2D eigenvalue weighted by molar-refractivity contribution is -0.145. The number of benzene rings is 7. The zero-order chi connectivity index (χ0) is 33.6. The topological polar surface area (TPSA) is 101 Å². The molecule has 0 radical (unpaired) electrons. The summed E-state index contributed by atoms with van der Waals surface area (Å²) in [7, 11) is 1.21. The Labute approximate surface area is 279 Å². The van der Waals surface area contributed by atoms with E-state index in [1.165, 1.54) is 36.3 Å². The van der Waals surface area contributed by atoms with Crippen molar-refractivity contribution >= 4 is 72.7 Å². The van der Waals surface area contributed by atoms with Crippen molar-refractivity contribution in [2.45, 2.75) is 19.0 Å². The van der Waals surface area contributed by atoms with Crippen LogP contribution in [-0.2, 0) is 22.5 Å². The van der Waals surface area contributed by atoms with Crippen molar-refractivity contribution in [3.63, 3.8) is 0 Å². The first-order valence-corrected chi connectivity index (χ1v) is 16.0. The average Bonchev–Trinajstić information content (AvgIpc) is 3.13. The van der Waals surface area contributed by atoms with Crippen molar-refractivity contribution in [2.24, 2.45) is 0 Å². The van der Waals surface area contributed by atoms with Crippen LogP contribution in [-0.4, -0.2) is 52.5 Å². The molecule has 0 saturated carbocycles. The zero-order valence-electron chi connectivity index (χ0n) is 26.2. The van der Waals surface area contributed by atoms with Crippen LogP contribution in [0.3, 0.4) is 0 Å². The monoisotopic (exact) mass is 642 g/mol. The molecule has 0 bridgehead atoms. The number of rotatable bonds is 6. The fourth-order valence-corrected chi connectivity index (χ4v) is 7.73. The lowest BCUT2D eigenvalue weighted by atomic mass is 9.85. The van der Waals surface area contributed by atoms with Gasteiger partial charge in [0.05, 0.1) is 13.7 Å². The van der Waals surface area contributed by atoms with Gasteiger partial charge in [-0.1, -0.05) is 84.9 Å². The third-order valence-corrected chi connectivity index (χ3v) is 10.0. The summed E-state index contributed by atoms with van der Waals surface area (Å²) in [5.41, 5.74) is 2.31. The molecule has 4 amide bonds. The van der Waals surface area contributed by atoms with Gasteiger partial charge in [0, 0.05) is 39.4 Å². The van der Waals surface area contributed by atoms with Gasteiger partial charge >= 0.3 is 5.97 Å². The number of carbonyl (C=O) groups excluding carboxylic acids is 5. The van der Waals surface area contributed by atoms with Gasteiger partial charge < -0.3 is 4.74 Å². The summed E-state index contributed by atoms with van der Waals surface area (Å²) < 4.78 is 5.03. The average molecular weight is 643 g/mol. The highest BCUT2D eigenvalue weighted by Gasteiger charge is 2.44. The fourth-order valence-electron chi connectivity index (χ4n) is 7.73. The maximum Gasteiger partial charge on any atom is 0.329 e. The highest BCUT2D eigenvalue weighted by molar-refractivity contribution is 6.34. The molecule has 7 aromatic rings. The number of hydrogen-bond donors (Lipinski definition) is 0. The Morgan fingerprint density at radius 3 is 1.69 bits per heavy atom. The third kappa shape index (κ3) is 4.07. The van der Waals surface area contributed by atoms with Crippen LogP contribution in [0.1, 0.15) is 52.6 Å². The van der Waals surface area contributed by atoms with Gasteiger partial charge in [-0.05, 0) is 67.7 Å². The normalized spacial score (nSPS) is 14.9. The van der Waals surface area contributed by atoms with Gasteiger partial charge in [0.1, 0.15) is 6.04 Å². The fraction of sp³-hybridized carbons (Fsp3) is 0.0976. The SMILES string of the molecule is COC(=O)[C@@H](Cc1ccccc1)N1C(=O)c2ccc3c4c(ccc(c24)C1=O)C(=O)N(Cc1ccc2ccc4cccc5ccc1c2c45)C3=O. The number of carbonyl (C=O) groups is 5. The van der Waals surface area contributed by atoms with Crippen molar-refractivity contribution in [1.29, 1.82) is 0 Å². The zero-order valence-corrected chi connectivity index (χ0v) is 26.2. The third-order valence-electron chi connectivity index (χ3n) is 10.0. The molecule has 0 aliphatic carbocycles. The molecule has 0 unspecified atom stereocenters. The van der Waals surface area contributed by atoms with E-state index in [1.54, 1.807) is 12.1 Å². The minimum Gasteiger partial charge on any atom is -0.467 e. The summed E-state index contributed by atoms with van der Waals surface area (Å²) in [5, 5.41) is 7.02. The van der Waals surface area contributed by atoms with Gasteiger partial charge in [0.15, 0.2) is 0 Å². The molecule has 8 nitrogen and oxygen atoms in total. The summed E-state index contributed by atoms with van der Waals surface area (Å²) in [5.74, 6) is -3.13. The molecule has 236 valence electrons. The van der Waals surface area contributed by atoms with Crippen LogP contribution in [0, 0.1) is 0 Å². The van der Waals surface area contributed by atoms with E-state index in [-0.39, 0.29) is 46.0 Å². The van der Waals surface area contributed by atoms with Crippen LogP contribution in [0.2, 0.25) is 0 Å². The van der Waals surface area contributed by atoms with Crippen molar-refractivity contribution in [3.8, 4) is 0 Å². The van der Waals surface area contributed by atoms with E-state index >= 15 is 0 Å². The smallest absolute Gasteiger partial charge is 0.329 e. The number of methoxy groups -OCH3 is 1. The number of ether oxygens (including phenoxy) is 1. The van der Waals surface area contributed by atoms with Gasteiger partial charge in [0.25, 0.3) is 23.6 Å². The minimum absolute atomic E-state index is 0.0439. The van der Waals surface area contributed by atoms with Gasteiger partial charge in [-0.25, -0.2) is 4.79 Å². The number of imide groups is 2. The molecule has 7 aromatic carbocycles. The molecular weight excluding hydrogens is 616 g/mol. The molecule has 0 N–H and O–H groups in total. The Morgan fingerprint density at radius 1 is 0.571 bits per heavy atom. The Bertz CT molecular complexity index is 2520. The molecule has 2 aliphatic heterocycles. The molecule has 0 aromatic heterocycles. The molecule has 2 aliphatic rings. The molecule has 0 saturated heterocycles. The summed E-state index contributed by atoms with van der Waals surface area (Å²) in [6.45, 7) is 0.0439. The van der Waals surface area contributed by atoms with E-state index in [0.717, 1.165) is 48.3 Å². The quantitative estimate of drug-likeness (QED) is 0.111. The summed E-state index contributed by atoms with van der Waals surface area (Å²) >= 11 is 0. The predicted octanol–water partition coefficient (Wildman–Crippen LogP) is 6.91. The first kappa shape index (κ1) is 28.8. The molecule has 0 spiro atoms. The molecular formula is C41H26N2O6. The summed E-state index contributed by atoms with van der Waals surface area (Å²) in [6, 6.07) is 32.4. The lowest BCUT2D eigenvalue weighted by Crippen LogP contribution is -2.52. The van der Waals surface area contributed by atoms with Crippen LogP contribution in [0.15, 0.2) is 109 Å². The van der Waals surface area contributed by atoms with E-state index in [1.807, 2.05) is 42.5 Å². The van der Waals surface area contributed by atoms with Gasteiger partial charge in [-0.2, -0.15) is 0 Å². The second-order valence-corrected chi connectivity index (χ2v) is 12.6. The van der Waals surface area contributed by atoms with Crippen molar-refractivity contribution < 1.29 is 28.7 Å². The highest BCUT2D eigenvalue weighted by atomic mass is 16.5. The standard InChI is InChI=1S/C41H26N2O6/c1-49-41(48)32(20-22-6-3-2-4-7-22)43-39(46)30-18-16-28-35-29(17-19-31(36(30)35)40(43)47)38(45)42(37(28)44)21-26-13-12-25-11-10-23-8-5-9-24-14-15-27(26)34(25)33(23)24/h2-19,32H,20-21H2,1H3/t32-/m1/s1. The second kappa shape index (κ2) is 10.6. The number of hydrogen-bond acceptors (Lipinski definition) is 6. The number of esters is 1. The first-order chi connectivity index (χ1) is 23.9. The maximum absolute atomic E-state index is 14.1. The summed E-state index contributed by atoms with van der Waals surface area (Å²) in [4.78, 5) is 71.6. The van der Waals surface area contributed by atoms with Crippen LogP contribution < -0.4 is 0 Å². The van der Waals surface area contributed by atoms with Gasteiger partial charge in [-0.15, -0.1) is 0 Å². The number of amides is 4. The van der Waals surface area contributed by atoms with E-state index in [9.17, 15) is 24.0 Å². The lowest BCUT2D eigenvalue weighted by Gasteiger charge is -2.34. The Morgan fingerprint density at radius 2 is 1.10 bits per heavy atom. The van der Waals surface area contributed by atoms with Crippen LogP contribution >= 0.6 is 0 Å². The Hall–Kier alpha value is -6.41. The molecule has 1 atom stereocenters. The van der Waals surface area contributed by atoms with E-state index in [2.05, 4.69) is 30.3 Å². The first-order valence-electron chi connectivity index (χ1n) is 16.0. The van der Waals surface area contributed by atoms with E-state index in [4.69, 9.17) is 4.74 Å². The molecule has 49 heavy (non-hydrogen) atoms. The van der Waals surface area contributed by atoms with E-state index in [0.29, 0.717) is 0 Å². The second-order valence-electron chi connectivity index (χ2n) is 12.6. The molecule has 9 rings (SSSR count). The van der Waals surface area contributed by atoms with Crippen LogP contribution in [0.25, 0.3) is 43.1 Å². The van der Waals surface area contributed by atoms with E-state index < -0.39 is 35.6 Å². The minimum atomic E-state index is -1.22. The largest absolute Gasteiger partial charge is 0.467 e. The highest BCUT2D eigenvalue weighted by Crippen LogP contribution is 2.40. The molecule has 2 heterocycles. The molecule has 8 heteroatoms. The van der Waals surface area contributed by atoms with Gasteiger partial charge in [-0.3, -0.25) is 29.0 Å². The Kier molecular flexibility index (Phi) is 6.20. The summed E-state index contributed by atoms with van der Waals surface area (Å²) in [6.07, 6.45) is 0.0641. The number of nitrogens with zero attached hydrogens (tertiary/aromatic N) is 2. The van der Waals surface area contributed by atoms with Crippen LogP contribution in [0.5, 0.6) is 0 Å². The maximum atomic E-state index is 14.1. The van der Waals surface area contributed by atoms with Crippen molar-refractivity contribution in [1.82, 2.24) is 9.80 Å². The van der Waals surface area contributed by atoms with Gasteiger partial charge in [0.2, 0.25) is 0 Å². The molecule has 0 fully saturated rings. The Balaban J connectivity index is 1.12. The van der Waals surface area contributed by atoms with Crippen molar-refractivity contribution in [2.75, 3.05) is 7.11 Å². The van der Waals surface area contributed by atoms with Crippen LogP contribution in [0.4, 0.5) is 0 Å². The predicted molar refractivity (Wildman–Crippen MR) is 185 cm³/mol. The van der Waals surface area contributed by atoms with Crippen molar-refractivity contribution in [3.05, 3.63) is 143 Å².